The Labute approximate surface area is 160 Å². The van der Waals surface area contributed by atoms with E-state index in [1.807, 2.05) is 30.0 Å². The number of carbonyl (C=O) groups is 1. The normalized spacial score (nSPS) is 23.6. The molecule has 8 nitrogen and oxygen atoms in total. The first-order valence-corrected chi connectivity index (χ1v) is 9.98. The molecule has 1 spiro atoms. The molecule has 0 unspecified atom stereocenters. The third kappa shape index (κ3) is 3.67. The Morgan fingerprint density at radius 1 is 1.33 bits per heavy atom. The topological polar surface area (TPSA) is 73.8 Å². The molecule has 0 radical (unpaired) electrons. The van der Waals surface area contributed by atoms with E-state index in [1.165, 1.54) is 0 Å². The Bertz CT molecular complexity index is 670. The van der Waals surface area contributed by atoms with Crippen LogP contribution < -0.4 is 15.1 Å². The van der Waals surface area contributed by atoms with Crippen molar-refractivity contribution < 1.29 is 9.53 Å². The molecule has 8 heteroatoms. The minimum absolute atomic E-state index is 0.0817. The van der Waals surface area contributed by atoms with Gasteiger partial charge in [0.1, 0.15) is 23.6 Å². The van der Waals surface area contributed by atoms with Crippen LogP contribution in [0.4, 0.5) is 16.4 Å². The molecule has 4 rings (SSSR count). The highest BCUT2D eigenvalue weighted by Gasteiger charge is 2.53. The van der Waals surface area contributed by atoms with Gasteiger partial charge in [0.2, 0.25) is 0 Å². The maximum atomic E-state index is 12.1. The molecule has 27 heavy (non-hydrogen) atoms. The van der Waals surface area contributed by atoms with Gasteiger partial charge in [-0.05, 0) is 31.6 Å². The van der Waals surface area contributed by atoms with E-state index in [1.54, 1.807) is 6.33 Å². The third-order valence-electron chi connectivity index (χ3n) is 6.10. The molecule has 0 saturated carbocycles. The van der Waals surface area contributed by atoms with E-state index in [4.69, 9.17) is 4.74 Å². The predicted molar refractivity (Wildman–Crippen MR) is 104 cm³/mol. The standard InChI is InChI=1S/C19H30N6O2/c1-23(2)16-11-17(22-14-21-16)25-12-19(13-25)15(6-10-27-19)5-7-20-18(26)24-8-3-4-9-24/h11,14-15H,3-10,12-13H2,1-2H3,(H,20,26)/t15-/m0/s1. The smallest absolute Gasteiger partial charge is 0.317 e. The molecule has 0 bridgehead atoms. The van der Waals surface area contributed by atoms with Crippen molar-refractivity contribution in [2.45, 2.75) is 31.3 Å². The van der Waals surface area contributed by atoms with E-state index in [0.29, 0.717) is 5.92 Å². The monoisotopic (exact) mass is 374 g/mol. The van der Waals surface area contributed by atoms with Crippen LogP contribution in [0.2, 0.25) is 0 Å². The van der Waals surface area contributed by atoms with Gasteiger partial charge in [-0.1, -0.05) is 0 Å². The van der Waals surface area contributed by atoms with Crippen molar-refractivity contribution in [1.29, 1.82) is 0 Å². The highest BCUT2D eigenvalue weighted by molar-refractivity contribution is 5.74. The van der Waals surface area contributed by atoms with Crippen molar-refractivity contribution in [3.8, 4) is 0 Å². The lowest BCUT2D eigenvalue weighted by molar-refractivity contribution is -0.0455. The number of anilines is 2. The van der Waals surface area contributed by atoms with Crippen LogP contribution in [0.15, 0.2) is 12.4 Å². The van der Waals surface area contributed by atoms with Crippen LogP contribution in [0.3, 0.4) is 0 Å². The summed E-state index contributed by atoms with van der Waals surface area (Å²) in [5, 5.41) is 3.09. The summed E-state index contributed by atoms with van der Waals surface area (Å²) >= 11 is 0. The van der Waals surface area contributed by atoms with Gasteiger partial charge >= 0.3 is 6.03 Å². The Morgan fingerprint density at radius 2 is 2.11 bits per heavy atom. The molecule has 148 valence electrons. The van der Waals surface area contributed by atoms with Gasteiger partial charge in [-0.2, -0.15) is 0 Å². The van der Waals surface area contributed by atoms with E-state index in [-0.39, 0.29) is 11.6 Å². The molecule has 1 aromatic heterocycles. The molecule has 4 heterocycles. The summed E-state index contributed by atoms with van der Waals surface area (Å²) in [6.45, 7) is 5.05. The zero-order valence-electron chi connectivity index (χ0n) is 16.4. The first-order valence-electron chi connectivity index (χ1n) is 9.98. The first kappa shape index (κ1) is 18.3. The summed E-state index contributed by atoms with van der Waals surface area (Å²) in [6, 6.07) is 2.11. The van der Waals surface area contributed by atoms with Crippen molar-refractivity contribution in [2.24, 2.45) is 5.92 Å². The van der Waals surface area contributed by atoms with E-state index in [0.717, 1.165) is 76.6 Å². The lowest BCUT2D eigenvalue weighted by Gasteiger charge is -2.51. The van der Waals surface area contributed by atoms with Gasteiger partial charge in [-0.3, -0.25) is 0 Å². The first-order chi connectivity index (χ1) is 13.1. The molecule has 0 aromatic carbocycles. The largest absolute Gasteiger partial charge is 0.371 e. The predicted octanol–water partition coefficient (Wildman–Crippen LogP) is 1.33. The highest BCUT2D eigenvalue weighted by Crippen LogP contribution is 2.43. The van der Waals surface area contributed by atoms with Crippen molar-refractivity contribution in [3.05, 3.63) is 12.4 Å². The van der Waals surface area contributed by atoms with Gasteiger partial charge in [-0.25, -0.2) is 14.8 Å². The second kappa shape index (κ2) is 7.50. The van der Waals surface area contributed by atoms with Crippen LogP contribution in [0.25, 0.3) is 0 Å². The Balaban J connectivity index is 1.29. The third-order valence-corrected chi connectivity index (χ3v) is 6.10. The van der Waals surface area contributed by atoms with Crippen molar-refractivity contribution in [3.63, 3.8) is 0 Å². The van der Waals surface area contributed by atoms with Crippen molar-refractivity contribution in [2.75, 3.05) is 63.2 Å². The number of urea groups is 1. The number of hydrogen-bond acceptors (Lipinski definition) is 6. The SMILES string of the molecule is CN(C)c1cc(N2CC3(C2)OCC[C@@H]3CCNC(=O)N2CCCC2)ncn1. The average Bonchev–Trinajstić information content (AvgIpc) is 3.30. The van der Waals surface area contributed by atoms with Crippen molar-refractivity contribution >= 4 is 17.7 Å². The molecule has 0 aliphatic carbocycles. The minimum atomic E-state index is -0.0817. The number of nitrogens with one attached hydrogen (secondary N) is 1. The molecule has 3 aliphatic rings. The quantitative estimate of drug-likeness (QED) is 0.838. The maximum absolute atomic E-state index is 12.1. The number of likely N-dealkylation sites (tertiary alicyclic amines) is 1. The number of aromatic nitrogens is 2. The summed E-state index contributed by atoms with van der Waals surface area (Å²) in [5.41, 5.74) is -0.0817. The summed E-state index contributed by atoms with van der Waals surface area (Å²) < 4.78 is 6.16. The minimum Gasteiger partial charge on any atom is -0.371 e. The Morgan fingerprint density at radius 3 is 2.85 bits per heavy atom. The van der Waals surface area contributed by atoms with Gasteiger partial charge in [-0.15, -0.1) is 0 Å². The van der Waals surface area contributed by atoms with Crippen LogP contribution in [-0.2, 0) is 4.74 Å². The summed E-state index contributed by atoms with van der Waals surface area (Å²) in [6.07, 6.45) is 5.92. The molecule has 1 atom stereocenters. The summed E-state index contributed by atoms with van der Waals surface area (Å²) in [5.74, 6) is 2.35. The molecular formula is C19H30N6O2. The highest BCUT2D eigenvalue weighted by atomic mass is 16.5. The van der Waals surface area contributed by atoms with E-state index >= 15 is 0 Å². The number of nitrogens with zero attached hydrogens (tertiary/aromatic N) is 5. The average molecular weight is 374 g/mol. The summed E-state index contributed by atoms with van der Waals surface area (Å²) in [4.78, 5) is 27.0. The number of amides is 2. The lowest BCUT2D eigenvalue weighted by atomic mass is 9.79. The molecule has 3 aliphatic heterocycles. The van der Waals surface area contributed by atoms with Crippen LogP contribution >= 0.6 is 0 Å². The van der Waals surface area contributed by atoms with Crippen LogP contribution in [0.5, 0.6) is 0 Å². The molecule has 1 N–H and O–H groups in total. The fourth-order valence-electron chi connectivity index (χ4n) is 4.44. The van der Waals surface area contributed by atoms with Gasteiger partial charge < -0.3 is 24.8 Å². The zero-order chi connectivity index (χ0) is 18.9. The number of hydrogen-bond donors (Lipinski definition) is 1. The summed E-state index contributed by atoms with van der Waals surface area (Å²) in [7, 11) is 3.96. The van der Waals surface area contributed by atoms with Crippen LogP contribution in [0, 0.1) is 5.92 Å². The zero-order valence-corrected chi connectivity index (χ0v) is 16.4. The van der Waals surface area contributed by atoms with Crippen LogP contribution in [0.1, 0.15) is 25.7 Å². The van der Waals surface area contributed by atoms with Gasteiger partial charge in [0.15, 0.2) is 0 Å². The van der Waals surface area contributed by atoms with Gasteiger partial charge in [0.25, 0.3) is 0 Å². The van der Waals surface area contributed by atoms with Gasteiger partial charge in [0, 0.05) is 46.4 Å². The fraction of sp³-hybridized carbons (Fsp3) is 0.737. The van der Waals surface area contributed by atoms with Gasteiger partial charge in [0.05, 0.1) is 13.1 Å². The van der Waals surface area contributed by atoms with E-state index in [9.17, 15) is 4.79 Å². The Kier molecular flexibility index (Phi) is 5.08. The fourth-order valence-corrected chi connectivity index (χ4v) is 4.44. The molecular weight excluding hydrogens is 344 g/mol. The Hall–Kier alpha value is -2.09. The number of ether oxygens (including phenoxy) is 1. The lowest BCUT2D eigenvalue weighted by Crippen LogP contribution is -2.65. The maximum Gasteiger partial charge on any atom is 0.317 e. The molecule has 3 fully saturated rings. The second-order valence-electron chi connectivity index (χ2n) is 8.10. The van der Waals surface area contributed by atoms with E-state index in [2.05, 4.69) is 20.2 Å². The van der Waals surface area contributed by atoms with Crippen molar-refractivity contribution in [1.82, 2.24) is 20.2 Å². The molecule has 3 saturated heterocycles. The molecule has 1 aromatic rings. The van der Waals surface area contributed by atoms with E-state index < -0.39 is 0 Å². The van der Waals surface area contributed by atoms with Crippen LogP contribution in [-0.4, -0.2) is 79.9 Å². The molecule has 2 amide bonds. The second-order valence-corrected chi connectivity index (χ2v) is 8.10. The number of rotatable bonds is 5. The number of carbonyl (C=O) groups excluding carboxylic acids is 1.